The predicted molar refractivity (Wildman–Crippen MR) is 134 cm³/mol. The minimum atomic E-state index is -0.359. The molecule has 3 amide bonds. The number of benzene rings is 2. The average Bonchev–Trinajstić information content (AvgIpc) is 3.42. The van der Waals surface area contributed by atoms with E-state index in [1.807, 2.05) is 19.1 Å². The summed E-state index contributed by atoms with van der Waals surface area (Å²) in [4.78, 5) is 38.9. The van der Waals surface area contributed by atoms with Gasteiger partial charge in [0, 0.05) is 46.8 Å². The molecule has 0 bridgehead atoms. The van der Waals surface area contributed by atoms with E-state index < -0.39 is 0 Å². The maximum atomic E-state index is 12.7. The van der Waals surface area contributed by atoms with Crippen LogP contribution in [0.3, 0.4) is 0 Å². The predicted octanol–water partition coefficient (Wildman–Crippen LogP) is 4.87. The smallest absolute Gasteiger partial charge is 0.257 e. The molecule has 1 aliphatic heterocycles. The summed E-state index contributed by atoms with van der Waals surface area (Å²) in [5.41, 5.74) is 2.64. The molecule has 1 atom stereocenters. The quantitative estimate of drug-likeness (QED) is 0.505. The highest BCUT2D eigenvalue weighted by molar-refractivity contribution is 7.15. The molecular weight excluding hydrogens is 474 g/mol. The molecular formula is C24H24ClN5O3S. The second kappa shape index (κ2) is 9.90. The van der Waals surface area contributed by atoms with E-state index >= 15 is 0 Å². The van der Waals surface area contributed by atoms with E-state index in [-0.39, 0.29) is 29.6 Å². The van der Waals surface area contributed by atoms with Gasteiger partial charge in [-0.2, -0.15) is 0 Å². The van der Waals surface area contributed by atoms with Gasteiger partial charge in [-0.3, -0.25) is 19.7 Å². The first-order valence-corrected chi connectivity index (χ1v) is 12.0. The van der Waals surface area contributed by atoms with Crippen LogP contribution >= 0.6 is 22.9 Å². The second-order valence-electron chi connectivity index (χ2n) is 8.46. The minimum Gasteiger partial charge on any atom is -0.326 e. The highest BCUT2D eigenvalue weighted by Crippen LogP contribution is 2.35. The third-order valence-corrected chi connectivity index (χ3v) is 6.93. The molecule has 1 saturated heterocycles. The molecule has 0 saturated carbocycles. The van der Waals surface area contributed by atoms with Crippen LogP contribution in [0.15, 0.2) is 42.5 Å². The Morgan fingerprint density at radius 1 is 1.15 bits per heavy atom. The number of carbonyl (C=O) groups excluding carboxylic acids is 3. The van der Waals surface area contributed by atoms with Crippen molar-refractivity contribution in [2.24, 2.45) is 5.92 Å². The van der Waals surface area contributed by atoms with E-state index in [2.05, 4.69) is 20.8 Å². The van der Waals surface area contributed by atoms with Crippen molar-refractivity contribution in [3.63, 3.8) is 0 Å². The Bertz CT molecular complexity index is 1260. The number of nitrogens with one attached hydrogen (secondary N) is 2. The zero-order chi connectivity index (χ0) is 24.4. The summed E-state index contributed by atoms with van der Waals surface area (Å²) in [7, 11) is 0. The number of aromatic nitrogens is 2. The molecule has 2 heterocycles. The minimum absolute atomic E-state index is 0.00837. The van der Waals surface area contributed by atoms with Crippen LogP contribution < -0.4 is 15.5 Å². The van der Waals surface area contributed by atoms with E-state index in [9.17, 15) is 14.4 Å². The Morgan fingerprint density at radius 3 is 2.68 bits per heavy atom. The van der Waals surface area contributed by atoms with Gasteiger partial charge in [0.25, 0.3) is 5.91 Å². The van der Waals surface area contributed by atoms with Gasteiger partial charge in [-0.25, -0.2) is 0 Å². The highest BCUT2D eigenvalue weighted by Gasteiger charge is 2.34. The summed E-state index contributed by atoms with van der Waals surface area (Å²) in [6, 6.07) is 12.3. The van der Waals surface area contributed by atoms with Gasteiger partial charge in [-0.05, 0) is 42.8 Å². The normalized spacial score (nSPS) is 15.6. The number of carbonyl (C=O) groups is 3. The summed E-state index contributed by atoms with van der Waals surface area (Å²) < 4.78 is 0. The molecule has 2 N–H and O–H groups in total. The average molecular weight is 498 g/mol. The lowest BCUT2D eigenvalue weighted by molar-refractivity contribution is -0.119. The van der Waals surface area contributed by atoms with Crippen LogP contribution in [0.2, 0.25) is 5.02 Å². The van der Waals surface area contributed by atoms with Crippen molar-refractivity contribution in [2.75, 3.05) is 22.1 Å². The molecule has 8 nitrogen and oxygen atoms in total. The van der Waals surface area contributed by atoms with E-state index in [0.717, 1.165) is 11.3 Å². The van der Waals surface area contributed by atoms with E-state index in [1.165, 1.54) is 11.3 Å². The Morgan fingerprint density at radius 2 is 1.94 bits per heavy atom. The van der Waals surface area contributed by atoms with Crippen LogP contribution in [0.1, 0.15) is 47.1 Å². The molecule has 1 fully saturated rings. The third kappa shape index (κ3) is 5.26. The molecule has 176 valence electrons. The number of hydrogen-bond donors (Lipinski definition) is 2. The van der Waals surface area contributed by atoms with E-state index in [0.29, 0.717) is 39.4 Å². The first-order chi connectivity index (χ1) is 16.2. The number of halogens is 1. The van der Waals surface area contributed by atoms with Crippen molar-refractivity contribution in [2.45, 2.75) is 33.1 Å². The van der Waals surface area contributed by atoms with Gasteiger partial charge in [0.05, 0.1) is 0 Å². The Kier molecular flexibility index (Phi) is 6.95. The number of amides is 3. The van der Waals surface area contributed by atoms with Crippen LogP contribution in [-0.2, 0) is 9.59 Å². The maximum absolute atomic E-state index is 12.7. The number of nitrogens with zero attached hydrogens (tertiary/aromatic N) is 3. The van der Waals surface area contributed by atoms with Crippen molar-refractivity contribution in [1.82, 2.24) is 10.2 Å². The van der Waals surface area contributed by atoms with Crippen LogP contribution in [0, 0.1) is 12.8 Å². The molecule has 4 rings (SSSR count). The second-order valence-corrected chi connectivity index (χ2v) is 9.88. The van der Waals surface area contributed by atoms with Gasteiger partial charge in [0.1, 0.15) is 5.01 Å². The zero-order valence-corrected chi connectivity index (χ0v) is 20.5. The Labute approximate surface area is 206 Å². The molecule has 10 heteroatoms. The number of anilines is 3. The van der Waals surface area contributed by atoms with Crippen molar-refractivity contribution in [1.29, 1.82) is 0 Å². The lowest BCUT2D eigenvalue weighted by atomic mass is 10.1. The summed E-state index contributed by atoms with van der Waals surface area (Å²) in [6.45, 7) is 5.98. The SMILES string of the molecule is Cc1ccc(N2CC(c3nnc(NC(=O)c4cccc(NC(=O)C(C)C)c4)s3)CC2=O)cc1Cl. The van der Waals surface area contributed by atoms with Crippen molar-refractivity contribution < 1.29 is 14.4 Å². The van der Waals surface area contributed by atoms with Crippen LogP contribution in [0.25, 0.3) is 0 Å². The largest absolute Gasteiger partial charge is 0.326 e. The molecule has 0 aliphatic carbocycles. The molecule has 1 aromatic heterocycles. The van der Waals surface area contributed by atoms with Crippen molar-refractivity contribution in [3.8, 4) is 0 Å². The molecule has 1 aliphatic rings. The van der Waals surface area contributed by atoms with Crippen LogP contribution in [-0.4, -0.2) is 34.5 Å². The van der Waals surface area contributed by atoms with Gasteiger partial charge in [-0.15, -0.1) is 10.2 Å². The molecule has 0 radical (unpaired) electrons. The third-order valence-electron chi connectivity index (χ3n) is 5.52. The summed E-state index contributed by atoms with van der Waals surface area (Å²) in [6.07, 6.45) is 0.311. The van der Waals surface area contributed by atoms with Crippen molar-refractivity contribution >= 4 is 57.2 Å². The Balaban J connectivity index is 1.42. The lowest BCUT2D eigenvalue weighted by Crippen LogP contribution is -2.24. The van der Waals surface area contributed by atoms with Crippen molar-refractivity contribution in [3.05, 3.63) is 63.6 Å². The fourth-order valence-corrected chi connectivity index (χ4v) is 4.52. The molecule has 1 unspecified atom stereocenters. The fraction of sp³-hybridized carbons (Fsp3) is 0.292. The zero-order valence-electron chi connectivity index (χ0n) is 19.0. The van der Waals surface area contributed by atoms with Crippen LogP contribution in [0.4, 0.5) is 16.5 Å². The number of aryl methyl sites for hydroxylation is 1. The standard InChI is InChI=1S/C24H24ClN5O3S/c1-13(2)21(32)26-17-6-4-5-15(9-17)22(33)27-24-29-28-23(34-24)16-10-20(31)30(12-16)18-8-7-14(3)19(25)11-18/h4-9,11,13,16H,10,12H2,1-3H3,(H,26,32)(H,27,29,33). The summed E-state index contributed by atoms with van der Waals surface area (Å²) in [5, 5.41) is 15.5. The molecule has 2 aromatic carbocycles. The summed E-state index contributed by atoms with van der Waals surface area (Å²) >= 11 is 7.47. The first-order valence-electron chi connectivity index (χ1n) is 10.8. The number of rotatable bonds is 6. The lowest BCUT2D eigenvalue weighted by Gasteiger charge is -2.17. The van der Waals surface area contributed by atoms with Gasteiger partial charge in [-0.1, -0.05) is 48.9 Å². The van der Waals surface area contributed by atoms with Gasteiger partial charge in [0.2, 0.25) is 16.9 Å². The first kappa shape index (κ1) is 23.8. The topological polar surface area (TPSA) is 104 Å². The molecule has 34 heavy (non-hydrogen) atoms. The van der Waals surface area contributed by atoms with Gasteiger partial charge in [0.15, 0.2) is 0 Å². The van der Waals surface area contributed by atoms with Gasteiger partial charge < -0.3 is 10.2 Å². The molecule has 0 spiro atoms. The maximum Gasteiger partial charge on any atom is 0.257 e. The van der Waals surface area contributed by atoms with Crippen LogP contribution in [0.5, 0.6) is 0 Å². The highest BCUT2D eigenvalue weighted by atomic mass is 35.5. The van der Waals surface area contributed by atoms with Gasteiger partial charge >= 0.3 is 0 Å². The molecule has 3 aromatic rings. The fourth-order valence-electron chi connectivity index (χ4n) is 3.52. The summed E-state index contributed by atoms with van der Waals surface area (Å²) in [5.74, 6) is -0.781. The monoisotopic (exact) mass is 497 g/mol. The Hall–Kier alpha value is -3.30. The van der Waals surface area contributed by atoms with E-state index in [4.69, 9.17) is 11.6 Å². The van der Waals surface area contributed by atoms with E-state index in [1.54, 1.807) is 49.1 Å². The number of hydrogen-bond acceptors (Lipinski definition) is 6.